The molecular weight excluding hydrogens is 530 g/mol. The van der Waals surface area contributed by atoms with E-state index in [9.17, 15) is 10.1 Å². The Balaban J connectivity index is 0.000000807. The molecule has 0 spiro atoms. The first-order valence-electron chi connectivity index (χ1n) is 15.8. The molecule has 2 N–H and O–H groups in total. The van der Waals surface area contributed by atoms with Crippen molar-refractivity contribution in [1.29, 1.82) is 5.26 Å². The Morgan fingerprint density at radius 1 is 1.12 bits per heavy atom. The fourth-order valence-corrected chi connectivity index (χ4v) is 4.10. The first kappa shape index (κ1) is 39.5. The van der Waals surface area contributed by atoms with E-state index in [1.807, 2.05) is 61.5 Å². The lowest BCUT2D eigenvalue weighted by atomic mass is 9.97. The lowest BCUT2D eigenvalue weighted by Crippen LogP contribution is -2.32. The van der Waals surface area contributed by atoms with Crippen LogP contribution in [0, 0.1) is 11.3 Å². The summed E-state index contributed by atoms with van der Waals surface area (Å²) in [7, 11) is 2.13. The Morgan fingerprint density at radius 3 is 2.30 bits per heavy atom. The summed E-state index contributed by atoms with van der Waals surface area (Å²) in [5, 5.41) is 9.21. The van der Waals surface area contributed by atoms with Gasteiger partial charge >= 0.3 is 0 Å². The van der Waals surface area contributed by atoms with Gasteiger partial charge in [-0.3, -0.25) is 4.79 Å². The van der Waals surface area contributed by atoms with Gasteiger partial charge < -0.3 is 15.4 Å². The van der Waals surface area contributed by atoms with Crippen molar-refractivity contribution >= 4 is 6.29 Å². The van der Waals surface area contributed by atoms with Crippen molar-refractivity contribution in [3.63, 3.8) is 0 Å². The van der Waals surface area contributed by atoms with Gasteiger partial charge in [-0.15, -0.1) is 6.58 Å². The third-order valence-corrected chi connectivity index (χ3v) is 6.75. The topological polar surface area (TPSA) is 79.3 Å². The molecule has 0 heterocycles. The molecule has 0 fully saturated rings. The highest BCUT2D eigenvalue weighted by molar-refractivity contribution is 5.75. The minimum Gasteiger partial charge on any atom is -0.402 e. The zero-order valence-corrected chi connectivity index (χ0v) is 27.9. The number of hydrogen-bond donors (Lipinski definition) is 1. The van der Waals surface area contributed by atoms with Crippen molar-refractivity contribution in [1.82, 2.24) is 4.90 Å². The Labute approximate surface area is 263 Å². The maximum Gasteiger partial charge on any atom is 0.148 e. The van der Waals surface area contributed by atoms with E-state index in [2.05, 4.69) is 71.4 Å². The maximum absolute atomic E-state index is 11.3. The number of carbonyl (C=O) groups excluding carboxylic acids is 1. The van der Waals surface area contributed by atoms with Crippen LogP contribution in [0.5, 0.6) is 0 Å². The SMILES string of the molecule is C=CC(C)OC(CC/C=C\C)CN(C)CC.CCC.CCCC/C(N)=C(/C=O)Cc1ccc(-c2ccccc2C#N)cc1. The highest BCUT2D eigenvalue weighted by Crippen LogP contribution is 2.24. The monoisotopic (exact) mass is 587 g/mol. The van der Waals surface area contributed by atoms with Crippen LogP contribution in [0.15, 0.2) is 84.6 Å². The molecule has 2 atom stereocenters. The van der Waals surface area contributed by atoms with Gasteiger partial charge in [0.2, 0.25) is 0 Å². The lowest BCUT2D eigenvalue weighted by Gasteiger charge is -2.25. The molecule has 2 unspecified atom stereocenters. The van der Waals surface area contributed by atoms with Gasteiger partial charge in [0.05, 0.1) is 23.8 Å². The maximum atomic E-state index is 11.3. The molecule has 5 nitrogen and oxygen atoms in total. The second-order valence-electron chi connectivity index (χ2n) is 10.7. The van der Waals surface area contributed by atoms with Crippen LogP contribution >= 0.6 is 0 Å². The summed E-state index contributed by atoms with van der Waals surface area (Å²) in [5.41, 5.74) is 11.0. The second kappa shape index (κ2) is 25.1. The van der Waals surface area contributed by atoms with Crippen molar-refractivity contribution in [3.05, 3.63) is 95.7 Å². The Bertz CT molecular complexity index is 1130. The van der Waals surface area contributed by atoms with Crippen molar-refractivity contribution < 1.29 is 9.53 Å². The van der Waals surface area contributed by atoms with Gasteiger partial charge in [-0.1, -0.05) is 101 Å². The molecule has 236 valence electrons. The van der Waals surface area contributed by atoms with E-state index < -0.39 is 0 Å². The van der Waals surface area contributed by atoms with Gasteiger partial charge in [0.1, 0.15) is 6.29 Å². The summed E-state index contributed by atoms with van der Waals surface area (Å²) in [6.45, 7) is 18.4. The van der Waals surface area contributed by atoms with Crippen molar-refractivity contribution in [3.8, 4) is 17.2 Å². The van der Waals surface area contributed by atoms with Crippen molar-refractivity contribution in [2.75, 3.05) is 20.1 Å². The number of nitrogens with zero attached hydrogens (tertiary/aromatic N) is 2. The van der Waals surface area contributed by atoms with Gasteiger partial charge in [0, 0.05) is 24.2 Å². The number of nitriles is 1. The first-order chi connectivity index (χ1) is 20.7. The minimum absolute atomic E-state index is 0.140. The molecule has 0 radical (unpaired) electrons. The standard InChI is InChI=1S/C21H22N2O.C14H27NO.C3H8/c1-2-3-8-21(23)19(15-24)13-16-9-11-17(12-10-16)20-7-5-4-6-18(20)14-22;1-6-9-10-11-14(12-15(5)8-3)16-13(4)7-2;1-3-2/h4-7,9-12,15H,2-3,8,13,23H2,1H3;6-7,9,13-14H,2,8,10-12H2,1,3-5H3;3H2,1-2H3/b21-19-;9-6-;. The van der Waals surface area contributed by atoms with Gasteiger partial charge in [-0.25, -0.2) is 0 Å². The fourth-order valence-electron chi connectivity index (χ4n) is 4.10. The zero-order chi connectivity index (χ0) is 32.5. The summed E-state index contributed by atoms with van der Waals surface area (Å²) in [6, 6.07) is 17.7. The van der Waals surface area contributed by atoms with Gasteiger partial charge in [0.15, 0.2) is 0 Å². The first-order valence-corrected chi connectivity index (χ1v) is 15.8. The summed E-state index contributed by atoms with van der Waals surface area (Å²) >= 11 is 0. The number of ether oxygens (including phenoxy) is 1. The summed E-state index contributed by atoms with van der Waals surface area (Å²) in [6.07, 6.45) is 14.2. The number of hydrogen-bond acceptors (Lipinski definition) is 5. The fraction of sp³-hybridized carbons (Fsp3) is 0.474. The molecule has 2 aromatic carbocycles. The predicted octanol–water partition coefficient (Wildman–Crippen LogP) is 9.04. The molecular formula is C38H57N3O2. The molecule has 0 aliphatic rings. The molecule has 2 rings (SSSR count). The quantitative estimate of drug-likeness (QED) is 0.120. The molecule has 0 aromatic heterocycles. The average molecular weight is 588 g/mol. The highest BCUT2D eigenvalue weighted by atomic mass is 16.5. The zero-order valence-electron chi connectivity index (χ0n) is 27.9. The number of nitrogens with two attached hydrogens (primary N) is 1. The van der Waals surface area contributed by atoms with E-state index in [0.29, 0.717) is 29.4 Å². The Morgan fingerprint density at radius 2 is 1.77 bits per heavy atom. The number of aldehydes is 1. The number of unbranched alkanes of at least 4 members (excludes halogenated alkanes) is 1. The minimum atomic E-state index is 0.140. The largest absolute Gasteiger partial charge is 0.402 e. The Hall–Kier alpha value is -3.46. The number of benzene rings is 2. The van der Waals surface area contributed by atoms with Gasteiger partial charge in [-0.2, -0.15) is 5.26 Å². The van der Waals surface area contributed by atoms with Crippen LogP contribution in [-0.4, -0.2) is 43.5 Å². The van der Waals surface area contributed by atoms with Crippen LogP contribution in [0.1, 0.15) is 91.2 Å². The van der Waals surface area contributed by atoms with Crippen molar-refractivity contribution in [2.45, 2.75) is 98.7 Å². The molecule has 0 amide bonds. The van der Waals surface area contributed by atoms with Crippen LogP contribution < -0.4 is 5.73 Å². The molecule has 0 bridgehead atoms. The van der Waals surface area contributed by atoms with Crippen LogP contribution in [0.3, 0.4) is 0 Å². The molecule has 2 aromatic rings. The summed E-state index contributed by atoms with van der Waals surface area (Å²) in [5.74, 6) is 0. The smallest absolute Gasteiger partial charge is 0.148 e. The molecule has 0 saturated carbocycles. The van der Waals surface area contributed by atoms with E-state index in [1.54, 1.807) is 0 Å². The average Bonchev–Trinajstić information content (AvgIpc) is 3.03. The Kier molecular flexibility index (Phi) is 23.1. The summed E-state index contributed by atoms with van der Waals surface area (Å²) in [4.78, 5) is 13.6. The number of carbonyl (C=O) groups is 1. The second-order valence-corrected chi connectivity index (χ2v) is 10.7. The van der Waals surface area contributed by atoms with Gasteiger partial charge in [0.25, 0.3) is 0 Å². The lowest BCUT2D eigenvalue weighted by molar-refractivity contribution is -0.105. The third-order valence-electron chi connectivity index (χ3n) is 6.75. The highest BCUT2D eigenvalue weighted by Gasteiger charge is 2.13. The predicted molar refractivity (Wildman–Crippen MR) is 185 cm³/mol. The number of rotatable bonds is 16. The van der Waals surface area contributed by atoms with E-state index in [1.165, 1.54) is 6.42 Å². The van der Waals surface area contributed by atoms with Crippen LogP contribution in [-0.2, 0) is 16.0 Å². The number of allylic oxidation sites excluding steroid dienone is 4. The van der Waals surface area contributed by atoms with Crippen molar-refractivity contribution in [2.24, 2.45) is 5.73 Å². The molecule has 43 heavy (non-hydrogen) atoms. The third kappa shape index (κ3) is 17.3. The normalized spacial score (nSPS) is 12.6. The van der Waals surface area contributed by atoms with E-state index in [0.717, 1.165) is 68.2 Å². The van der Waals surface area contributed by atoms with Crippen LogP contribution in [0.25, 0.3) is 11.1 Å². The van der Waals surface area contributed by atoms with Gasteiger partial charge in [-0.05, 0) is 75.9 Å². The van der Waals surface area contributed by atoms with Crippen LogP contribution in [0.4, 0.5) is 0 Å². The molecule has 5 heteroatoms. The molecule has 0 saturated heterocycles. The van der Waals surface area contributed by atoms with E-state index in [-0.39, 0.29) is 6.10 Å². The van der Waals surface area contributed by atoms with Crippen LogP contribution in [0.2, 0.25) is 0 Å². The molecule has 0 aliphatic heterocycles. The summed E-state index contributed by atoms with van der Waals surface area (Å²) < 4.78 is 5.93. The van der Waals surface area contributed by atoms with E-state index in [4.69, 9.17) is 10.5 Å². The number of likely N-dealkylation sites (N-methyl/N-ethyl adjacent to an activating group) is 1. The van der Waals surface area contributed by atoms with E-state index >= 15 is 0 Å². The molecule has 0 aliphatic carbocycles.